The Bertz CT molecular complexity index is 572. The second-order valence-electron chi connectivity index (χ2n) is 4.49. The highest BCUT2D eigenvalue weighted by atomic mass is 35.5. The van der Waals surface area contributed by atoms with Gasteiger partial charge in [0.05, 0.1) is 5.02 Å². The topological polar surface area (TPSA) is 21.3 Å². The zero-order valence-electron chi connectivity index (χ0n) is 11.3. The molecule has 0 aliphatic heterocycles. The number of benzene rings is 2. The highest BCUT2D eigenvalue weighted by Gasteiger charge is 2.06. The molecular weight excluding hydrogens is 293 g/mol. The Morgan fingerprint density at radius 1 is 1.05 bits per heavy atom. The van der Waals surface area contributed by atoms with Crippen LogP contribution in [0.4, 0.5) is 0 Å². The predicted octanol–water partition coefficient (Wildman–Crippen LogP) is 4.33. The lowest BCUT2D eigenvalue weighted by Gasteiger charge is -2.12. The first kappa shape index (κ1) is 15.2. The smallest absolute Gasteiger partial charge is 0.139 e. The van der Waals surface area contributed by atoms with E-state index >= 15 is 0 Å². The van der Waals surface area contributed by atoms with Crippen molar-refractivity contribution in [1.82, 2.24) is 5.32 Å². The number of halogens is 2. The molecule has 0 spiro atoms. The van der Waals surface area contributed by atoms with E-state index in [0.717, 1.165) is 13.0 Å². The molecule has 0 saturated carbocycles. The Balaban J connectivity index is 2.08. The van der Waals surface area contributed by atoms with E-state index < -0.39 is 0 Å². The van der Waals surface area contributed by atoms with Crippen molar-refractivity contribution in [2.75, 3.05) is 13.6 Å². The molecule has 0 unspecified atom stereocenters. The van der Waals surface area contributed by atoms with Gasteiger partial charge >= 0.3 is 0 Å². The summed E-state index contributed by atoms with van der Waals surface area (Å²) in [5, 5.41) is 4.34. The Morgan fingerprint density at radius 3 is 2.55 bits per heavy atom. The van der Waals surface area contributed by atoms with Gasteiger partial charge in [-0.2, -0.15) is 0 Å². The minimum Gasteiger partial charge on any atom is -0.487 e. The zero-order valence-corrected chi connectivity index (χ0v) is 12.8. The lowest BCUT2D eigenvalue weighted by molar-refractivity contribution is 0.305. The molecule has 0 fully saturated rings. The predicted molar refractivity (Wildman–Crippen MR) is 84.9 cm³/mol. The summed E-state index contributed by atoms with van der Waals surface area (Å²) in [5.74, 6) is 0.614. The standard InChI is InChI=1S/C16H17Cl2NO/c1-19-9-8-12-4-2-3-5-13(12)11-20-16-10-14(17)6-7-15(16)18/h2-7,10,19H,8-9,11H2,1H3. The molecule has 0 amide bonds. The van der Waals surface area contributed by atoms with Crippen molar-refractivity contribution in [1.29, 1.82) is 0 Å². The Labute approximate surface area is 129 Å². The van der Waals surface area contributed by atoms with E-state index in [9.17, 15) is 0 Å². The minimum absolute atomic E-state index is 0.486. The van der Waals surface area contributed by atoms with Crippen LogP contribution in [-0.4, -0.2) is 13.6 Å². The van der Waals surface area contributed by atoms with Crippen molar-refractivity contribution in [2.24, 2.45) is 0 Å². The van der Waals surface area contributed by atoms with E-state index in [0.29, 0.717) is 22.4 Å². The third-order valence-electron chi connectivity index (χ3n) is 3.04. The van der Waals surface area contributed by atoms with Crippen LogP contribution in [0.1, 0.15) is 11.1 Å². The fourth-order valence-corrected chi connectivity index (χ4v) is 2.28. The van der Waals surface area contributed by atoms with Crippen LogP contribution in [0.3, 0.4) is 0 Å². The first-order valence-corrected chi connectivity index (χ1v) is 7.25. The van der Waals surface area contributed by atoms with Gasteiger partial charge in [-0.25, -0.2) is 0 Å². The molecule has 0 aliphatic rings. The van der Waals surface area contributed by atoms with Crippen LogP contribution in [0.2, 0.25) is 10.0 Å². The summed E-state index contributed by atoms with van der Waals surface area (Å²) in [6.45, 7) is 1.43. The van der Waals surface area contributed by atoms with Crippen LogP contribution in [0, 0.1) is 0 Å². The van der Waals surface area contributed by atoms with Crippen LogP contribution < -0.4 is 10.1 Å². The van der Waals surface area contributed by atoms with E-state index in [1.54, 1.807) is 18.2 Å². The summed E-state index contributed by atoms with van der Waals surface area (Å²) in [4.78, 5) is 0. The van der Waals surface area contributed by atoms with Gasteiger partial charge in [0.25, 0.3) is 0 Å². The van der Waals surface area contributed by atoms with E-state index in [1.165, 1.54) is 11.1 Å². The van der Waals surface area contributed by atoms with Crippen molar-refractivity contribution in [3.63, 3.8) is 0 Å². The van der Waals surface area contributed by atoms with Crippen LogP contribution in [-0.2, 0) is 13.0 Å². The molecule has 0 bridgehead atoms. The van der Waals surface area contributed by atoms with Gasteiger partial charge in [0.1, 0.15) is 12.4 Å². The van der Waals surface area contributed by atoms with E-state index in [2.05, 4.69) is 17.4 Å². The molecule has 2 aromatic carbocycles. The van der Waals surface area contributed by atoms with Gasteiger partial charge in [-0.15, -0.1) is 0 Å². The molecule has 20 heavy (non-hydrogen) atoms. The number of hydrogen-bond acceptors (Lipinski definition) is 2. The molecule has 2 nitrogen and oxygen atoms in total. The molecule has 2 rings (SSSR count). The number of rotatable bonds is 6. The second kappa shape index (κ2) is 7.53. The van der Waals surface area contributed by atoms with Gasteiger partial charge in [0.15, 0.2) is 0 Å². The zero-order chi connectivity index (χ0) is 14.4. The van der Waals surface area contributed by atoms with Crippen LogP contribution >= 0.6 is 23.2 Å². The molecule has 0 aliphatic carbocycles. The van der Waals surface area contributed by atoms with Gasteiger partial charge in [-0.1, -0.05) is 47.5 Å². The first-order chi connectivity index (χ1) is 9.70. The monoisotopic (exact) mass is 309 g/mol. The third kappa shape index (κ3) is 4.14. The average Bonchev–Trinajstić information content (AvgIpc) is 2.47. The highest BCUT2D eigenvalue weighted by molar-refractivity contribution is 6.34. The lowest BCUT2D eigenvalue weighted by Crippen LogP contribution is -2.12. The number of likely N-dealkylation sites (N-methyl/N-ethyl adjacent to an activating group) is 1. The minimum atomic E-state index is 0.486. The van der Waals surface area contributed by atoms with E-state index in [1.807, 2.05) is 19.2 Å². The third-order valence-corrected chi connectivity index (χ3v) is 3.59. The summed E-state index contributed by atoms with van der Waals surface area (Å²) in [6, 6.07) is 13.5. The Hall–Kier alpha value is -1.22. The lowest BCUT2D eigenvalue weighted by atomic mass is 10.1. The van der Waals surface area contributed by atoms with Crippen LogP contribution in [0.15, 0.2) is 42.5 Å². The van der Waals surface area contributed by atoms with Crippen molar-refractivity contribution in [3.8, 4) is 5.75 Å². The van der Waals surface area contributed by atoms with Crippen molar-refractivity contribution >= 4 is 23.2 Å². The van der Waals surface area contributed by atoms with Crippen LogP contribution in [0.5, 0.6) is 5.75 Å². The van der Waals surface area contributed by atoms with Crippen molar-refractivity contribution in [3.05, 3.63) is 63.6 Å². The number of nitrogens with one attached hydrogen (secondary N) is 1. The normalized spacial score (nSPS) is 10.6. The Kier molecular flexibility index (Phi) is 5.72. The Morgan fingerprint density at radius 2 is 1.80 bits per heavy atom. The maximum absolute atomic E-state index is 6.09. The van der Waals surface area contributed by atoms with Gasteiger partial charge < -0.3 is 10.1 Å². The van der Waals surface area contributed by atoms with Gasteiger partial charge in [0.2, 0.25) is 0 Å². The SMILES string of the molecule is CNCCc1ccccc1COc1cc(Cl)ccc1Cl. The van der Waals surface area contributed by atoms with Gasteiger partial charge in [-0.3, -0.25) is 0 Å². The maximum atomic E-state index is 6.09. The van der Waals surface area contributed by atoms with E-state index in [4.69, 9.17) is 27.9 Å². The molecule has 0 saturated heterocycles. The van der Waals surface area contributed by atoms with E-state index in [-0.39, 0.29) is 0 Å². The maximum Gasteiger partial charge on any atom is 0.139 e. The van der Waals surface area contributed by atoms with Crippen LogP contribution in [0.25, 0.3) is 0 Å². The molecule has 0 heterocycles. The summed E-state index contributed by atoms with van der Waals surface area (Å²) < 4.78 is 5.79. The summed E-state index contributed by atoms with van der Waals surface area (Å²) in [6.07, 6.45) is 0.972. The second-order valence-corrected chi connectivity index (χ2v) is 5.33. The summed E-state index contributed by atoms with van der Waals surface area (Å²) in [7, 11) is 1.95. The molecule has 106 valence electrons. The van der Waals surface area contributed by atoms with Gasteiger partial charge in [0, 0.05) is 11.1 Å². The summed E-state index contributed by atoms with van der Waals surface area (Å²) in [5.41, 5.74) is 2.44. The molecule has 0 aromatic heterocycles. The highest BCUT2D eigenvalue weighted by Crippen LogP contribution is 2.28. The molecule has 2 aromatic rings. The van der Waals surface area contributed by atoms with Crippen molar-refractivity contribution in [2.45, 2.75) is 13.0 Å². The first-order valence-electron chi connectivity index (χ1n) is 6.50. The van der Waals surface area contributed by atoms with Crippen molar-refractivity contribution < 1.29 is 4.74 Å². The fraction of sp³-hybridized carbons (Fsp3) is 0.250. The summed E-state index contributed by atoms with van der Waals surface area (Å²) >= 11 is 12.0. The van der Waals surface area contributed by atoms with Gasteiger partial charge in [-0.05, 0) is 43.3 Å². The quantitative estimate of drug-likeness (QED) is 0.857. The molecule has 0 atom stereocenters. The molecule has 1 N–H and O–H groups in total. The molecular formula is C16H17Cl2NO. The largest absolute Gasteiger partial charge is 0.487 e. The molecule has 0 radical (unpaired) electrons. The fourth-order valence-electron chi connectivity index (χ4n) is 1.95. The molecule has 4 heteroatoms. The average molecular weight is 310 g/mol. The number of ether oxygens (including phenoxy) is 1. The number of hydrogen-bond donors (Lipinski definition) is 1.